The van der Waals surface area contributed by atoms with Gasteiger partial charge in [0.1, 0.15) is 0 Å². The lowest BCUT2D eigenvalue weighted by Gasteiger charge is -2.09. The molecule has 0 N–H and O–H groups in total. The van der Waals surface area contributed by atoms with E-state index in [2.05, 4.69) is 20.1 Å². The minimum atomic E-state index is 0.325. The van der Waals surface area contributed by atoms with Crippen molar-refractivity contribution >= 4 is 0 Å². The Balaban J connectivity index is 3.05. The van der Waals surface area contributed by atoms with Crippen LogP contribution in [0.5, 0.6) is 0 Å². The summed E-state index contributed by atoms with van der Waals surface area (Å²) in [6.45, 7) is 12.1. The lowest BCUT2D eigenvalue weighted by atomic mass is 10.6. The van der Waals surface area contributed by atoms with Gasteiger partial charge in [0.05, 0.1) is 159 Å². The van der Waals surface area contributed by atoms with Gasteiger partial charge in [-0.3, -0.25) is 0 Å². The van der Waals surface area contributed by atoms with Crippen LogP contribution in [-0.4, -0.2) is 172 Å². The highest BCUT2D eigenvalue weighted by Gasteiger charge is 1.96. The van der Waals surface area contributed by atoms with Crippen molar-refractivity contribution in [1.29, 1.82) is 0 Å². The average molecular weight is 641 g/mol. The second kappa shape index (κ2) is 41.1. The highest BCUT2D eigenvalue weighted by molar-refractivity contribution is 4.45. The van der Waals surface area contributed by atoms with E-state index >= 15 is 0 Å². The normalized spacial score (nSPS) is 11.0. The van der Waals surface area contributed by atoms with Crippen LogP contribution in [0.2, 0.25) is 0 Å². The van der Waals surface area contributed by atoms with E-state index < -0.39 is 0 Å². The predicted molar refractivity (Wildman–Crippen MR) is 158 cm³/mol. The molecule has 18 heteroatoms. The quantitative estimate of drug-likeness (QED) is 0.0408. The van der Waals surface area contributed by atoms with Gasteiger partial charge in [0.2, 0.25) is 0 Å². The fraction of sp³-hybridized carbons (Fsp3) is 1.00. The van der Waals surface area contributed by atoms with Crippen LogP contribution in [0.3, 0.4) is 0 Å². The van der Waals surface area contributed by atoms with Crippen molar-refractivity contribution in [2.75, 3.05) is 172 Å². The molecule has 44 heavy (non-hydrogen) atoms. The summed E-state index contributed by atoms with van der Waals surface area (Å²) in [4.78, 5) is 5.28. The zero-order valence-corrected chi connectivity index (χ0v) is 26.0. The summed E-state index contributed by atoms with van der Waals surface area (Å²) in [6.07, 6.45) is 0. The summed E-state index contributed by atoms with van der Waals surface area (Å²) in [6, 6.07) is 0. The van der Waals surface area contributed by atoms with E-state index in [4.69, 9.17) is 67.9 Å². The van der Waals surface area contributed by atoms with Crippen molar-refractivity contribution < 1.29 is 56.8 Å². The Morgan fingerprint density at radius 1 is 0.250 bits per heavy atom. The second-order valence-corrected chi connectivity index (χ2v) is 8.26. The first kappa shape index (κ1) is 42.1. The van der Waals surface area contributed by atoms with Crippen LogP contribution in [0.4, 0.5) is 0 Å². The standard InChI is InChI=1S/C26H52N6O12/c27-31-29-1-3-33-5-7-35-9-11-37-13-15-39-17-19-41-21-23-43-25-26-44-24-22-42-20-18-40-16-14-38-12-10-36-8-6-34-4-2-30-32-28/h1-26H2. The number of hydrogen-bond donors (Lipinski definition) is 0. The van der Waals surface area contributed by atoms with Gasteiger partial charge >= 0.3 is 0 Å². The lowest BCUT2D eigenvalue weighted by Crippen LogP contribution is -2.15. The number of rotatable bonds is 39. The number of ether oxygens (including phenoxy) is 12. The van der Waals surface area contributed by atoms with Crippen LogP contribution >= 0.6 is 0 Å². The molecule has 0 unspecified atom stereocenters. The number of nitrogens with zero attached hydrogens (tertiary/aromatic N) is 6. The molecule has 18 nitrogen and oxygen atoms in total. The Hall–Kier alpha value is -1.86. The van der Waals surface area contributed by atoms with Gasteiger partial charge in [0.15, 0.2) is 0 Å². The maximum absolute atomic E-state index is 8.13. The summed E-state index contributed by atoms with van der Waals surface area (Å²) in [5, 5.41) is 6.74. The van der Waals surface area contributed by atoms with Crippen molar-refractivity contribution in [1.82, 2.24) is 0 Å². The highest BCUT2D eigenvalue weighted by Crippen LogP contribution is 1.87. The molecule has 0 fully saturated rings. The Kier molecular flexibility index (Phi) is 39.4. The third kappa shape index (κ3) is 40.1. The van der Waals surface area contributed by atoms with Crippen LogP contribution < -0.4 is 0 Å². The molecule has 0 amide bonds. The summed E-state index contributed by atoms with van der Waals surface area (Å²) in [5.74, 6) is 0. The largest absolute Gasteiger partial charge is 0.379 e. The molecule has 0 bridgehead atoms. The Morgan fingerprint density at radius 2 is 0.386 bits per heavy atom. The van der Waals surface area contributed by atoms with E-state index in [1.165, 1.54) is 0 Å². The maximum atomic E-state index is 8.13. The SMILES string of the molecule is [N-]=[N+]=NCCOCCOCCOCCOCCOCCOCCOCCOCCOCCOCCOCCOCCN=[N+]=[N-]. The van der Waals surface area contributed by atoms with E-state index in [0.29, 0.717) is 172 Å². The Morgan fingerprint density at radius 3 is 0.523 bits per heavy atom. The summed E-state index contributed by atoms with van der Waals surface area (Å²) >= 11 is 0. The molecule has 0 saturated carbocycles. The minimum Gasteiger partial charge on any atom is -0.379 e. The molecule has 0 aromatic carbocycles. The van der Waals surface area contributed by atoms with E-state index in [1.54, 1.807) is 0 Å². The number of azide groups is 2. The molecule has 258 valence electrons. The Bertz CT molecular complexity index is 607. The molecule has 0 atom stereocenters. The first-order chi connectivity index (χ1) is 21.9. The maximum Gasteiger partial charge on any atom is 0.0701 e. The zero-order chi connectivity index (χ0) is 31.7. The molecule has 0 rings (SSSR count). The van der Waals surface area contributed by atoms with Crippen molar-refractivity contribution in [3.63, 3.8) is 0 Å². The van der Waals surface area contributed by atoms with Gasteiger partial charge in [-0.15, -0.1) is 0 Å². The Labute approximate surface area is 259 Å². The van der Waals surface area contributed by atoms with E-state index in [9.17, 15) is 0 Å². The molecule has 0 radical (unpaired) electrons. The first-order valence-corrected chi connectivity index (χ1v) is 14.9. The van der Waals surface area contributed by atoms with Crippen LogP contribution in [-0.2, 0) is 56.8 Å². The fourth-order valence-corrected chi connectivity index (χ4v) is 2.82. The van der Waals surface area contributed by atoms with E-state index in [1.807, 2.05) is 0 Å². The molecule has 0 saturated heterocycles. The first-order valence-electron chi connectivity index (χ1n) is 14.9. The topological polar surface area (TPSA) is 208 Å². The van der Waals surface area contributed by atoms with E-state index in [0.717, 1.165) is 0 Å². The third-order valence-corrected chi connectivity index (χ3v) is 4.89. The molecule has 0 heterocycles. The lowest BCUT2D eigenvalue weighted by molar-refractivity contribution is -0.0282. The fourth-order valence-electron chi connectivity index (χ4n) is 2.82. The van der Waals surface area contributed by atoms with Crippen LogP contribution in [0.15, 0.2) is 10.2 Å². The monoisotopic (exact) mass is 640 g/mol. The smallest absolute Gasteiger partial charge is 0.0701 e. The van der Waals surface area contributed by atoms with Gasteiger partial charge in [-0.05, 0) is 11.1 Å². The molecule has 0 aromatic heterocycles. The molecule has 0 aliphatic carbocycles. The van der Waals surface area contributed by atoms with Crippen LogP contribution in [0.25, 0.3) is 20.9 Å². The van der Waals surface area contributed by atoms with Gasteiger partial charge in [0, 0.05) is 22.9 Å². The summed E-state index contributed by atoms with van der Waals surface area (Å²) < 4.78 is 64.6. The molecule has 0 aromatic rings. The van der Waals surface area contributed by atoms with Crippen LogP contribution in [0, 0.1) is 0 Å². The summed E-state index contributed by atoms with van der Waals surface area (Å²) in [7, 11) is 0. The molecule has 0 aliphatic heterocycles. The molecule has 0 spiro atoms. The van der Waals surface area contributed by atoms with E-state index in [-0.39, 0.29) is 0 Å². The van der Waals surface area contributed by atoms with Gasteiger partial charge < -0.3 is 56.8 Å². The summed E-state index contributed by atoms with van der Waals surface area (Å²) in [5.41, 5.74) is 16.3. The molecular formula is C26H52N6O12. The van der Waals surface area contributed by atoms with Gasteiger partial charge in [-0.25, -0.2) is 0 Å². The zero-order valence-electron chi connectivity index (χ0n) is 26.0. The molecular weight excluding hydrogens is 588 g/mol. The number of hydrogen-bond acceptors (Lipinski definition) is 14. The van der Waals surface area contributed by atoms with Gasteiger partial charge in [-0.1, -0.05) is 10.2 Å². The van der Waals surface area contributed by atoms with Crippen LogP contribution in [0.1, 0.15) is 0 Å². The second-order valence-electron chi connectivity index (χ2n) is 8.26. The van der Waals surface area contributed by atoms with Crippen molar-refractivity contribution in [2.45, 2.75) is 0 Å². The van der Waals surface area contributed by atoms with Gasteiger partial charge in [-0.2, -0.15) is 0 Å². The van der Waals surface area contributed by atoms with Crippen molar-refractivity contribution in [3.05, 3.63) is 20.9 Å². The third-order valence-electron chi connectivity index (χ3n) is 4.89. The average Bonchev–Trinajstić information content (AvgIpc) is 3.04. The highest BCUT2D eigenvalue weighted by atomic mass is 16.6. The van der Waals surface area contributed by atoms with Crippen molar-refractivity contribution in [3.8, 4) is 0 Å². The predicted octanol–water partition coefficient (Wildman–Crippen LogP) is 1.81. The van der Waals surface area contributed by atoms with Gasteiger partial charge in [0.25, 0.3) is 0 Å². The minimum absolute atomic E-state index is 0.325. The van der Waals surface area contributed by atoms with Crippen molar-refractivity contribution in [2.24, 2.45) is 10.2 Å². The molecule has 0 aliphatic rings.